The second kappa shape index (κ2) is 5.83. The number of carbonyl (C=O) groups is 1. The van der Waals surface area contributed by atoms with E-state index < -0.39 is 6.10 Å². The monoisotopic (exact) mass is 284 g/mol. The first-order valence-corrected chi connectivity index (χ1v) is 6.89. The van der Waals surface area contributed by atoms with Crippen LogP contribution in [0.1, 0.15) is 17.3 Å². The van der Waals surface area contributed by atoms with E-state index in [9.17, 15) is 4.79 Å². The molecular formula is C16H16N2O3. The molecule has 0 bridgehead atoms. The average molecular weight is 284 g/mol. The molecule has 1 atom stereocenters. The fourth-order valence-electron chi connectivity index (χ4n) is 2.24. The second-order valence-electron chi connectivity index (χ2n) is 4.69. The highest BCUT2D eigenvalue weighted by Gasteiger charge is 2.27. The van der Waals surface area contributed by atoms with Gasteiger partial charge in [0.2, 0.25) is 5.78 Å². The molecular weight excluding hydrogens is 268 g/mol. The van der Waals surface area contributed by atoms with Gasteiger partial charge in [-0.1, -0.05) is 12.1 Å². The van der Waals surface area contributed by atoms with Crippen LogP contribution in [0, 0.1) is 0 Å². The lowest BCUT2D eigenvalue weighted by Crippen LogP contribution is -2.37. The SMILES string of the molecule is CCOc1cncc(C(=O)C2CNc3ccccc3O2)c1. The Morgan fingerprint density at radius 2 is 2.29 bits per heavy atom. The Hall–Kier alpha value is -2.56. The summed E-state index contributed by atoms with van der Waals surface area (Å²) in [4.78, 5) is 16.5. The molecule has 2 aromatic rings. The van der Waals surface area contributed by atoms with Gasteiger partial charge in [-0.2, -0.15) is 0 Å². The van der Waals surface area contributed by atoms with Crippen molar-refractivity contribution in [2.75, 3.05) is 18.5 Å². The predicted octanol–water partition coefficient (Wildman–Crippen LogP) is 2.54. The van der Waals surface area contributed by atoms with E-state index in [0.29, 0.717) is 30.2 Å². The molecule has 1 unspecified atom stereocenters. The molecule has 1 aromatic carbocycles. The topological polar surface area (TPSA) is 60.5 Å². The fraction of sp³-hybridized carbons (Fsp3) is 0.250. The molecule has 0 spiro atoms. The van der Waals surface area contributed by atoms with Gasteiger partial charge >= 0.3 is 0 Å². The minimum absolute atomic E-state index is 0.106. The van der Waals surface area contributed by atoms with E-state index in [0.717, 1.165) is 5.69 Å². The van der Waals surface area contributed by atoms with Gasteiger partial charge < -0.3 is 14.8 Å². The number of ether oxygens (including phenoxy) is 2. The number of carbonyl (C=O) groups excluding carboxylic acids is 1. The number of hydrogen-bond acceptors (Lipinski definition) is 5. The molecule has 21 heavy (non-hydrogen) atoms. The predicted molar refractivity (Wildman–Crippen MR) is 79.1 cm³/mol. The fourth-order valence-corrected chi connectivity index (χ4v) is 2.24. The molecule has 1 aliphatic heterocycles. The Morgan fingerprint density at radius 1 is 1.43 bits per heavy atom. The molecule has 2 heterocycles. The van der Waals surface area contributed by atoms with Crippen molar-refractivity contribution in [3.8, 4) is 11.5 Å². The van der Waals surface area contributed by atoms with Crippen molar-refractivity contribution >= 4 is 11.5 Å². The van der Waals surface area contributed by atoms with Gasteiger partial charge in [-0.3, -0.25) is 9.78 Å². The number of nitrogens with one attached hydrogen (secondary N) is 1. The smallest absolute Gasteiger partial charge is 0.206 e. The molecule has 1 N–H and O–H groups in total. The third-order valence-electron chi connectivity index (χ3n) is 3.24. The number of pyridine rings is 1. The van der Waals surface area contributed by atoms with Crippen molar-refractivity contribution in [2.45, 2.75) is 13.0 Å². The highest BCUT2D eigenvalue weighted by molar-refractivity contribution is 6.00. The first-order chi connectivity index (χ1) is 10.3. The molecule has 5 heteroatoms. The maximum Gasteiger partial charge on any atom is 0.206 e. The van der Waals surface area contributed by atoms with Gasteiger partial charge in [-0.25, -0.2) is 0 Å². The molecule has 1 aromatic heterocycles. The van der Waals surface area contributed by atoms with E-state index in [1.165, 1.54) is 6.20 Å². The summed E-state index contributed by atoms with van der Waals surface area (Å²) >= 11 is 0. The maximum absolute atomic E-state index is 12.5. The van der Waals surface area contributed by atoms with E-state index in [1.54, 1.807) is 12.3 Å². The maximum atomic E-state index is 12.5. The standard InChI is InChI=1S/C16H16N2O3/c1-2-20-12-7-11(8-17-9-12)16(19)15-10-18-13-5-3-4-6-14(13)21-15/h3-9,15,18H,2,10H2,1H3. The zero-order chi connectivity index (χ0) is 14.7. The summed E-state index contributed by atoms with van der Waals surface area (Å²) in [6, 6.07) is 9.27. The first-order valence-electron chi connectivity index (χ1n) is 6.89. The summed E-state index contributed by atoms with van der Waals surface area (Å²) < 4.78 is 11.1. The van der Waals surface area contributed by atoms with Gasteiger partial charge in [-0.05, 0) is 25.1 Å². The Morgan fingerprint density at radius 3 is 3.14 bits per heavy atom. The van der Waals surface area contributed by atoms with Crippen LogP contribution in [-0.4, -0.2) is 30.0 Å². The van der Waals surface area contributed by atoms with Gasteiger partial charge in [0.05, 0.1) is 25.0 Å². The Balaban J connectivity index is 1.79. The molecule has 0 saturated carbocycles. The van der Waals surface area contributed by atoms with Crippen molar-refractivity contribution < 1.29 is 14.3 Å². The van der Waals surface area contributed by atoms with Crippen LogP contribution in [-0.2, 0) is 0 Å². The zero-order valence-corrected chi connectivity index (χ0v) is 11.7. The van der Waals surface area contributed by atoms with Crippen LogP contribution < -0.4 is 14.8 Å². The largest absolute Gasteiger partial charge is 0.492 e. The Kier molecular flexibility index (Phi) is 3.73. The lowest BCUT2D eigenvalue weighted by Gasteiger charge is -2.26. The van der Waals surface area contributed by atoms with Crippen LogP contribution in [0.15, 0.2) is 42.7 Å². The molecule has 1 aliphatic rings. The molecule has 5 nitrogen and oxygen atoms in total. The number of ketones is 1. The zero-order valence-electron chi connectivity index (χ0n) is 11.7. The summed E-state index contributed by atoms with van der Waals surface area (Å²) in [6.45, 7) is 2.86. The van der Waals surface area contributed by atoms with Crippen molar-refractivity contribution in [1.29, 1.82) is 0 Å². The van der Waals surface area contributed by atoms with Crippen LogP contribution in [0.3, 0.4) is 0 Å². The van der Waals surface area contributed by atoms with Crippen LogP contribution in [0.2, 0.25) is 0 Å². The number of benzene rings is 1. The van der Waals surface area contributed by atoms with Crippen molar-refractivity contribution in [3.63, 3.8) is 0 Å². The lowest BCUT2D eigenvalue weighted by atomic mass is 10.1. The van der Waals surface area contributed by atoms with Gasteiger partial charge in [0.25, 0.3) is 0 Å². The molecule has 0 aliphatic carbocycles. The van der Waals surface area contributed by atoms with E-state index in [4.69, 9.17) is 9.47 Å². The van der Waals surface area contributed by atoms with E-state index in [2.05, 4.69) is 10.3 Å². The molecule has 0 radical (unpaired) electrons. The number of anilines is 1. The van der Waals surface area contributed by atoms with E-state index in [1.807, 2.05) is 31.2 Å². The highest BCUT2D eigenvalue weighted by atomic mass is 16.5. The molecule has 0 saturated heterocycles. The molecule has 3 rings (SSSR count). The van der Waals surface area contributed by atoms with Gasteiger partial charge in [-0.15, -0.1) is 0 Å². The summed E-state index contributed by atoms with van der Waals surface area (Å²) in [5.41, 5.74) is 1.40. The normalized spacial score (nSPS) is 16.3. The summed E-state index contributed by atoms with van der Waals surface area (Å²) in [6.07, 6.45) is 2.57. The van der Waals surface area contributed by atoms with E-state index in [-0.39, 0.29) is 5.78 Å². The van der Waals surface area contributed by atoms with Crippen LogP contribution in [0.25, 0.3) is 0 Å². The number of Topliss-reactive ketones (excluding diaryl/α,β-unsaturated/α-hetero) is 1. The van der Waals surface area contributed by atoms with Crippen molar-refractivity contribution in [2.24, 2.45) is 0 Å². The van der Waals surface area contributed by atoms with Gasteiger partial charge in [0.1, 0.15) is 11.5 Å². The molecule has 0 fully saturated rings. The number of rotatable bonds is 4. The number of aromatic nitrogens is 1. The third kappa shape index (κ3) is 2.81. The number of para-hydroxylation sites is 2. The minimum atomic E-state index is -0.557. The van der Waals surface area contributed by atoms with Gasteiger partial charge in [0.15, 0.2) is 6.10 Å². The van der Waals surface area contributed by atoms with Crippen molar-refractivity contribution in [3.05, 3.63) is 48.3 Å². The number of hydrogen-bond donors (Lipinski definition) is 1. The number of nitrogens with zero attached hydrogens (tertiary/aromatic N) is 1. The molecule has 108 valence electrons. The van der Waals surface area contributed by atoms with E-state index >= 15 is 0 Å². The summed E-state index contributed by atoms with van der Waals surface area (Å²) in [5.74, 6) is 1.18. The Labute approximate surface area is 122 Å². The first kappa shape index (κ1) is 13.4. The summed E-state index contributed by atoms with van der Waals surface area (Å²) in [5, 5.41) is 3.21. The average Bonchev–Trinajstić information content (AvgIpc) is 2.54. The molecule has 0 amide bonds. The van der Waals surface area contributed by atoms with Crippen LogP contribution >= 0.6 is 0 Å². The van der Waals surface area contributed by atoms with Gasteiger partial charge in [0, 0.05) is 11.8 Å². The van der Waals surface area contributed by atoms with Crippen LogP contribution in [0.4, 0.5) is 5.69 Å². The Bertz CT molecular complexity index is 657. The third-order valence-corrected chi connectivity index (χ3v) is 3.24. The number of fused-ring (bicyclic) bond motifs is 1. The second-order valence-corrected chi connectivity index (χ2v) is 4.69. The van der Waals surface area contributed by atoms with Crippen LogP contribution in [0.5, 0.6) is 11.5 Å². The van der Waals surface area contributed by atoms with Crippen molar-refractivity contribution in [1.82, 2.24) is 4.98 Å². The minimum Gasteiger partial charge on any atom is -0.492 e. The summed E-state index contributed by atoms with van der Waals surface area (Å²) in [7, 11) is 0. The highest BCUT2D eigenvalue weighted by Crippen LogP contribution is 2.29. The quantitative estimate of drug-likeness (QED) is 0.874. The lowest BCUT2D eigenvalue weighted by molar-refractivity contribution is 0.0801.